The number of aryl methyl sites for hydroxylation is 1. The molecule has 8 heteroatoms. The van der Waals surface area contributed by atoms with E-state index in [0.717, 1.165) is 15.4 Å². The Labute approximate surface area is 213 Å². The van der Waals surface area contributed by atoms with Gasteiger partial charge in [0.05, 0.1) is 10.6 Å². The Bertz CT molecular complexity index is 1260. The number of nitrogens with zero attached hydrogens (tertiary/aromatic N) is 2. The molecule has 7 nitrogen and oxygen atoms in total. The maximum Gasteiger partial charge on any atom is 0.264 e. The fraction of sp³-hybridized carbons (Fsp3) is 0.286. The first-order valence-corrected chi connectivity index (χ1v) is 13.3. The molecule has 0 aliphatic heterocycles. The lowest BCUT2D eigenvalue weighted by molar-refractivity contribution is -0.139. The van der Waals surface area contributed by atoms with Gasteiger partial charge in [-0.15, -0.1) is 0 Å². The van der Waals surface area contributed by atoms with Crippen LogP contribution in [0.3, 0.4) is 0 Å². The van der Waals surface area contributed by atoms with Gasteiger partial charge >= 0.3 is 0 Å². The summed E-state index contributed by atoms with van der Waals surface area (Å²) in [6.07, 6.45) is 0. The fourth-order valence-corrected chi connectivity index (χ4v) is 5.16. The van der Waals surface area contributed by atoms with Crippen molar-refractivity contribution in [1.29, 1.82) is 0 Å². The van der Waals surface area contributed by atoms with E-state index in [1.54, 1.807) is 55.5 Å². The Morgan fingerprint density at radius 2 is 1.39 bits per heavy atom. The Hall–Kier alpha value is -3.65. The van der Waals surface area contributed by atoms with E-state index >= 15 is 0 Å². The highest BCUT2D eigenvalue weighted by Gasteiger charge is 2.32. The number of anilines is 1. The summed E-state index contributed by atoms with van der Waals surface area (Å²) in [5.74, 6) is -0.784. The van der Waals surface area contributed by atoms with Crippen molar-refractivity contribution in [3.63, 3.8) is 0 Å². The average molecular weight is 508 g/mol. The first kappa shape index (κ1) is 26.9. The minimum Gasteiger partial charge on any atom is -0.352 e. The van der Waals surface area contributed by atoms with Crippen molar-refractivity contribution >= 4 is 27.5 Å². The van der Waals surface area contributed by atoms with E-state index in [1.165, 1.54) is 17.0 Å². The molecule has 0 bridgehead atoms. The molecule has 0 aliphatic rings. The average Bonchev–Trinajstić information content (AvgIpc) is 2.87. The maximum atomic E-state index is 13.7. The Morgan fingerprint density at radius 3 is 1.94 bits per heavy atom. The summed E-state index contributed by atoms with van der Waals surface area (Å²) < 4.78 is 28.3. The van der Waals surface area contributed by atoms with E-state index in [-0.39, 0.29) is 23.4 Å². The molecule has 3 rings (SSSR count). The normalized spacial score (nSPS) is 12.1. The number of para-hydroxylation sites is 1. The number of carbonyl (C=O) groups is 2. The molecule has 1 N–H and O–H groups in total. The first-order valence-electron chi connectivity index (χ1n) is 11.9. The van der Waals surface area contributed by atoms with Crippen LogP contribution in [0.15, 0.2) is 89.8 Å². The molecule has 3 aromatic rings. The second-order valence-electron chi connectivity index (χ2n) is 9.01. The van der Waals surface area contributed by atoms with Crippen molar-refractivity contribution in [2.45, 2.75) is 51.2 Å². The van der Waals surface area contributed by atoms with Crippen molar-refractivity contribution in [1.82, 2.24) is 10.2 Å². The SMILES string of the molecule is Cc1ccc(CN(C(=O)CN(c2ccccc2)S(=O)(=O)c2ccccc2)[C@@H](C)C(=O)NC(C)C)cc1. The third kappa shape index (κ3) is 6.73. The largest absolute Gasteiger partial charge is 0.352 e. The van der Waals surface area contributed by atoms with Crippen LogP contribution >= 0.6 is 0 Å². The van der Waals surface area contributed by atoms with Crippen LogP contribution in [0, 0.1) is 6.92 Å². The molecule has 3 aromatic carbocycles. The Kier molecular flexibility index (Phi) is 8.88. The van der Waals surface area contributed by atoms with Gasteiger partial charge in [-0.1, -0.05) is 66.2 Å². The molecule has 0 unspecified atom stereocenters. The van der Waals surface area contributed by atoms with Crippen molar-refractivity contribution in [3.8, 4) is 0 Å². The number of carbonyl (C=O) groups excluding carboxylic acids is 2. The van der Waals surface area contributed by atoms with Crippen LogP contribution in [0.1, 0.15) is 31.9 Å². The number of benzene rings is 3. The van der Waals surface area contributed by atoms with E-state index in [0.29, 0.717) is 5.69 Å². The second kappa shape index (κ2) is 11.9. The van der Waals surface area contributed by atoms with Crippen LogP contribution in [0.4, 0.5) is 5.69 Å². The third-order valence-corrected chi connectivity index (χ3v) is 7.51. The number of sulfonamides is 1. The lowest BCUT2D eigenvalue weighted by atomic mass is 10.1. The molecular weight excluding hydrogens is 474 g/mol. The number of hydrogen-bond acceptors (Lipinski definition) is 4. The van der Waals surface area contributed by atoms with E-state index in [2.05, 4.69) is 5.32 Å². The van der Waals surface area contributed by atoms with Crippen molar-refractivity contribution < 1.29 is 18.0 Å². The summed E-state index contributed by atoms with van der Waals surface area (Å²) in [6, 6.07) is 23.3. The molecule has 0 fully saturated rings. The molecule has 1 atom stereocenters. The van der Waals surface area contributed by atoms with Gasteiger partial charge in [0.2, 0.25) is 11.8 Å². The molecule has 0 spiro atoms. The zero-order valence-electron chi connectivity index (χ0n) is 21.1. The molecule has 0 aliphatic carbocycles. The molecule has 36 heavy (non-hydrogen) atoms. The van der Waals surface area contributed by atoms with Crippen LogP contribution in [-0.2, 0) is 26.2 Å². The van der Waals surface area contributed by atoms with Gasteiger partial charge in [0.15, 0.2) is 0 Å². The van der Waals surface area contributed by atoms with Crippen LogP contribution in [0.5, 0.6) is 0 Å². The van der Waals surface area contributed by atoms with Crippen molar-refractivity contribution in [2.24, 2.45) is 0 Å². The molecule has 0 heterocycles. The summed E-state index contributed by atoms with van der Waals surface area (Å²) in [4.78, 5) is 28.1. The summed E-state index contributed by atoms with van der Waals surface area (Å²) in [6.45, 7) is 7.03. The second-order valence-corrected chi connectivity index (χ2v) is 10.9. The standard InChI is InChI=1S/C28H33N3O4S/c1-21(2)29-28(33)23(4)30(19-24-17-15-22(3)16-18-24)27(32)20-31(25-11-7-5-8-12-25)36(34,35)26-13-9-6-10-14-26/h5-18,21,23H,19-20H2,1-4H3,(H,29,33)/t23-/m0/s1. The Morgan fingerprint density at radius 1 is 0.833 bits per heavy atom. The summed E-state index contributed by atoms with van der Waals surface area (Å²) >= 11 is 0. The lowest BCUT2D eigenvalue weighted by Gasteiger charge is -2.32. The van der Waals surface area contributed by atoms with Crippen molar-refractivity contribution in [3.05, 3.63) is 96.1 Å². The van der Waals surface area contributed by atoms with Crippen LogP contribution in [-0.4, -0.2) is 43.8 Å². The smallest absolute Gasteiger partial charge is 0.264 e. The molecule has 0 radical (unpaired) electrons. The van der Waals surface area contributed by atoms with Gasteiger partial charge in [-0.25, -0.2) is 8.42 Å². The summed E-state index contributed by atoms with van der Waals surface area (Å²) in [7, 11) is -4.04. The minimum atomic E-state index is -4.04. The van der Waals surface area contributed by atoms with Gasteiger partial charge in [-0.05, 0) is 57.5 Å². The predicted octanol–water partition coefficient (Wildman–Crippen LogP) is 4.13. The van der Waals surface area contributed by atoms with E-state index in [1.807, 2.05) is 45.0 Å². The maximum absolute atomic E-state index is 13.7. The molecule has 0 saturated heterocycles. The summed E-state index contributed by atoms with van der Waals surface area (Å²) in [5.41, 5.74) is 2.28. The zero-order chi connectivity index (χ0) is 26.3. The third-order valence-electron chi connectivity index (χ3n) is 5.73. The van der Waals surface area contributed by atoms with E-state index < -0.39 is 28.5 Å². The van der Waals surface area contributed by atoms with Gasteiger partial charge in [0, 0.05) is 12.6 Å². The molecule has 2 amide bonds. The van der Waals surface area contributed by atoms with Gasteiger partial charge in [0.25, 0.3) is 10.0 Å². The molecular formula is C28H33N3O4S. The summed E-state index contributed by atoms with van der Waals surface area (Å²) in [5, 5.41) is 2.85. The van der Waals surface area contributed by atoms with Gasteiger partial charge in [-0.3, -0.25) is 13.9 Å². The fourth-order valence-electron chi connectivity index (χ4n) is 3.72. The number of hydrogen-bond donors (Lipinski definition) is 1. The highest BCUT2D eigenvalue weighted by atomic mass is 32.2. The highest BCUT2D eigenvalue weighted by Crippen LogP contribution is 2.24. The number of rotatable bonds is 10. The quantitative estimate of drug-likeness (QED) is 0.447. The first-order chi connectivity index (χ1) is 17.1. The van der Waals surface area contributed by atoms with Crippen LogP contribution < -0.4 is 9.62 Å². The number of amides is 2. The predicted molar refractivity (Wildman–Crippen MR) is 142 cm³/mol. The topological polar surface area (TPSA) is 86.8 Å². The highest BCUT2D eigenvalue weighted by molar-refractivity contribution is 7.92. The van der Waals surface area contributed by atoms with E-state index in [4.69, 9.17) is 0 Å². The lowest BCUT2D eigenvalue weighted by Crippen LogP contribution is -2.52. The Balaban J connectivity index is 1.98. The van der Waals surface area contributed by atoms with E-state index in [9.17, 15) is 18.0 Å². The van der Waals surface area contributed by atoms with Crippen LogP contribution in [0.2, 0.25) is 0 Å². The molecule has 190 valence electrons. The van der Waals surface area contributed by atoms with Gasteiger partial charge in [0.1, 0.15) is 12.6 Å². The van der Waals surface area contributed by atoms with Gasteiger partial charge in [-0.2, -0.15) is 0 Å². The molecule has 0 saturated carbocycles. The zero-order valence-corrected chi connectivity index (χ0v) is 21.9. The van der Waals surface area contributed by atoms with Crippen LogP contribution in [0.25, 0.3) is 0 Å². The monoisotopic (exact) mass is 507 g/mol. The van der Waals surface area contributed by atoms with Crippen molar-refractivity contribution in [2.75, 3.05) is 10.8 Å². The molecule has 0 aromatic heterocycles. The number of nitrogens with one attached hydrogen (secondary N) is 1. The minimum absolute atomic E-state index is 0.0809. The van der Waals surface area contributed by atoms with Gasteiger partial charge < -0.3 is 10.2 Å².